The summed E-state index contributed by atoms with van der Waals surface area (Å²) in [6, 6.07) is 5.50. The van der Waals surface area contributed by atoms with Crippen LogP contribution in [0.3, 0.4) is 0 Å². The molecule has 0 aliphatic carbocycles. The molecule has 3 rings (SSSR count). The monoisotopic (exact) mass is 266 g/mol. The number of hydrogen-bond donors (Lipinski definition) is 3. The van der Waals surface area contributed by atoms with Crippen LogP contribution in [0.15, 0.2) is 18.2 Å². The van der Waals surface area contributed by atoms with Crippen LogP contribution in [0, 0.1) is 6.92 Å². The zero-order chi connectivity index (χ0) is 12.0. The maximum atomic E-state index is 11.2. The molecule has 2 heterocycles. The molecule has 18 heavy (non-hydrogen) atoms. The van der Waals surface area contributed by atoms with E-state index in [0.717, 1.165) is 34.1 Å². The van der Waals surface area contributed by atoms with Crippen molar-refractivity contribution in [3.05, 3.63) is 35.0 Å². The standard InChI is InChI=1S/C13H14N2O2.ClH/c1-7-3-2-4-8-9-5-6-14-12(13(16)17)11(9)15-10(7)8;/h2-4,12,14-15H,5-6H2,1H3,(H,16,17);1H. The summed E-state index contributed by atoms with van der Waals surface area (Å²) < 4.78 is 0. The topological polar surface area (TPSA) is 65.1 Å². The number of para-hydroxylation sites is 1. The number of rotatable bonds is 1. The first-order chi connectivity index (χ1) is 8.18. The summed E-state index contributed by atoms with van der Waals surface area (Å²) in [5.74, 6) is -0.824. The second kappa shape index (κ2) is 4.63. The molecule has 96 valence electrons. The number of hydrogen-bond acceptors (Lipinski definition) is 2. The molecule has 1 aliphatic heterocycles. The molecule has 2 aromatic rings. The van der Waals surface area contributed by atoms with Crippen LogP contribution in [0.25, 0.3) is 10.9 Å². The van der Waals surface area contributed by atoms with Gasteiger partial charge in [0.15, 0.2) is 0 Å². The summed E-state index contributed by atoms with van der Waals surface area (Å²) in [6.07, 6.45) is 0.878. The number of benzene rings is 1. The fourth-order valence-corrected chi connectivity index (χ4v) is 2.61. The lowest BCUT2D eigenvalue weighted by Crippen LogP contribution is -2.34. The van der Waals surface area contributed by atoms with Crippen molar-refractivity contribution in [2.24, 2.45) is 0 Å². The number of aromatic amines is 1. The molecule has 1 aromatic carbocycles. The Morgan fingerprint density at radius 3 is 2.94 bits per heavy atom. The molecule has 5 heteroatoms. The Labute approximate surface area is 111 Å². The summed E-state index contributed by atoms with van der Waals surface area (Å²) >= 11 is 0. The summed E-state index contributed by atoms with van der Waals surface area (Å²) in [6.45, 7) is 2.75. The molecule has 0 bridgehead atoms. The first-order valence-electron chi connectivity index (χ1n) is 5.74. The lowest BCUT2D eigenvalue weighted by Gasteiger charge is -2.20. The van der Waals surface area contributed by atoms with E-state index in [0.29, 0.717) is 6.54 Å². The number of nitrogens with one attached hydrogen (secondary N) is 2. The molecule has 1 aliphatic rings. The molecule has 0 fully saturated rings. The first kappa shape index (κ1) is 12.9. The fraction of sp³-hybridized carbons (Fsp3) is 0.308. The Kier molecular flexibility index (Phi) is 3.32. The van der Waals surface area contributed by atoms with Gasteiger partial charge >= 0.3 is 5.97 Å². The minimum Gasteiger partial charge on any atom is -0.480 e. The van der Waals surface area contributed by atoms with Crippen LogP contribution in [0.4, 0.5) is 0 Å². The third-order valence-corrected chi connectivity index (χ3v) is 3.44. The zero-order valence-electron chi connectivity index (χ0n) is 9.99. The van der Waals surface area contributed by atoms with Gasteiger partial charge in [-0.1, -0.05) is 18.2 Å². The average molecular weight is 267 g/mol. The minimum atomic E-state index is -0.824. The van der Waals surface area contributed by atoms with Crippen molar-refractivity contribution in [3.63, 3.8) is 0 Å². The number of carboxylic acid groups (broad SMARTS) is 1. The van der Waals surface area contributed by atoms with Gasteiger partial charge in [0, 0.05) is 23.1 Å². The summed E-state index contributed by atoms with van der Waals surface area (Å²) in [5, 5.41) is 13.4. The van der Waals surface area contributed by atoms with Crippen molar-refractivity contribution in [2.75, 3.05) is 6.54 Å². The highest BCUT2D eigenvalue weighted by Crippen LogP contribution is 2.31. The molecule has 0 amide bonds. The van der Waals surface area contributed by atoms with E-state index in [9.17, 15) is 9.90 Å². The third kappa shape index (κ3) is 1.78. The SMILES string of the molecule is Cc1cccc2c3c([nH]c12)C(C(=O)O)NCC3.Cl. The van der Waals surface area contributed by atoms with E-state index in [2.05, 4.69) is 16.4 Å². The van der Waals surface area contributed by atoms with Gasteiger partial charge in [-0.15, -0.1) is 12.4 Å². The number of aromatic nitrogens is 1. The van der Waals surface area contributed by atoms with E-state index in [4.69, 9.17) is 0 Å². The Bertz CT molecular complexity index is 606. The van der Waals surface area contributed by atoms with Crippen LogP contribution in [0.2, 0.25) is 0 Å². The van der Waals surface area contributed by atoms with Crippen LogP contribution in [0.5, 0.6) is 0 Å². The van der Waals surface area contributed by atoms with Gasteiger partial charge in [-0.3, -0.25) is 10.1 Å². The molecular formula is C13H15ClN2O2. The fourth-order valence-electron chi connectivity index (χ4n) is 2.61. The van der Waals surface area contributed by atoms with Crippen molar-refractivity contribution in [2.45, 2.75) is 19.4 Å². The van der Waals surface area contributed by atoms with Crippen LogP contribution in [-0.4, -0.2) is 22.6 Å². The van der Waals surface area contributed by atoms with Crippen molar-refractivity contribution >= 4 is 29.3 Å². The molecular weight excluding hydrogens is 252 g/mol. The predicted molar refractivity (Wildman–Crippen MR) is 72.4 cm³/mol. The van der Waals surface area contributed by atoms with Gasteiger partial charge in [0.05, 0.1) is 0 Å². The number of H-pyrrole nitrogens is 1. The molecule has 0 saturated carbocycles. The number of aliphatic carboxylic acids is 1. The molecule has 1 atom stereocenters. The van der Waals surface area contributed by atoms with Crippen molar-refractivity contribution in [1.29, 1.82) is 0 Å². The van der Waals surface area contributed by atoms with Crippen molar-refractivity contribution < 1.29 is 9.90 Å². The number of carboxylic acids is 1. The molecule has 4 nitrogen and oxygen atoms in total. The van der Waals surface area contributed by atoms with Crippen molar-refractivity contribution in [3.8, 4) is 0 Å². The second-order valence-corrected chi connectivity index (χ2v) is 4.49. The molecule has 1 unspecified atom stereocenters. The predicted octanol–water partition coefficient (Wildman–Crippen LogP) is 2.17. The van der Waals surface area contributed by atoms with Crippen molar-refractivity contribution in [1.82, 2.24) is 10.3 Å². The molecule has 3 N–H and O–H groups in total. The zero-order valence-corrected chi connectivity index (χ0v) is 10.8. The Morgan fingerprint density at radius 2 is 2.22 bits per heavy atom. The number of halogens is 1. The van der Waals surface area contributed by atoms with Gasteiger partial charge in [0.25, 0.3) is 0 Å². The number of aryl methyl sites for hydroxylation is 1. The Hall–Kier alpha value is -1.52. The highest BCUT2D eigenvalue weighted by molar-refractivity contribution is 5.90. The highest BCUT2D eigenvalue weighted by atomic mass is 35.5. The van der Waals surface area contributed by atoms with E-state index in [1.54, 1.807) is 0 Å². The maximum absolute atomic E-state index is 11.2. The normalized spacial score (nSPS) is 18.2. The van der Waals surface area contributed by atoms with Gasteiger partial charge in [-0.25, -0.2) is 0 Å². The van der Waals surface area contributed by atoms with E-state index >= 15 is 0 Å². The lowest BCUT2D eigenvalue weighted by atomic mass is 9.99. The van der Waals surface area contributed by atoms with Gasteiger partial charge in [-0.05, 0) is 24.5 Å². The molecule has 0 radical (unpaired) electrons. The first-order valence-corrected chi connectivity index (χ1v) is 5.74. The Balaban J connectivity index is 0.00000120. The van der Waals surface area contributed by atoms with E-state index in [-0.39, 0.29) is 12.4 Å². The third-order valence-electron chi connectivity index (χ3n) is 3.44. The molecule has 0 saturated heterocycles. The van der Waals surface area contributed by atoms with Gasteiger partial charge in [-0.2, -0.15) is 0 Å². The van der Waals surface area contributed by atoms with E-state index in [1.165, 1.54) is 0 Å². The molecule has 1 aromatic heterocycles. The van der Waals surface area contributed by atoms with E-state index in [1.807, 2.05) is 19.1 Å². The van der Waals surface area contributed by atoms with Gasteiger partial charge < -0.3 is 10.1 Å². The van der Waals surface area contributed by atoms with Crippen LogP contribution in [0.1, 0.15) is 22.9 Å². The van der Waals surface area contributed by atoms with E-state index < -0.39 is 12.0 Å². The lowest BCUT2D eigenvalue weighted by molar-refractivity contribution is -0.139. The van der Waals surface area contributed by atoms with Crippen LogP contribution >= 0.6 is 12.4 Å². The van der Waals surface area contributed by atoms with Gasteiger partial charge in [0.2, 0.25) is 0 Å². The van der Waals surface area contributed by atoms with Crippen LogP contribution < -0.4 is 5.32 Å². The highest BCUT2D eigenvalue weighted by Gasteiger charge is 2.28. The summed E-state index contributed by atoms with van der Waals surface area (Å²) in [7, 11) is 0. The maximum Gasteiger partial charge on any atom is 0.326 e. The quantitative estimate of drug-likeness (QED) is 0.741. The Morgan fingerprint density at radius 1 is 1.44 bits per heavy atom. The smallest absolute Gasteiger partial charge is 0.326 e. The second-order valence-electron chi connectivity index (χ2n) is 4.49. The molecule has 0 spiro atoms. The van der Waals surface area contributed by atoms with Gasteiger partial charge in [0.1, 0.15) is 6.04 Å². The number of fused-ring (bicyclic) bond motifs is 3. The number of carbonyl (C=O) groups is 1. The summed E-state index contributed by atoms with van der Waals surface area (Å²) in [5.41, 5.74) is 4.18. The minimum absolute atomic E-state index is 0. The van der Waals surface area contributed by atoms with Crippen LogP contribution in [-0.2, 0) is 11.2 Å². The largest absolute Gasteiger partial charge is 0.480 e. The summed E-state index contributed by atoms with van der Waals surface area (Å²) in [4.78, 5) is 14.5. The average Bonchev–Trinajstić information content (AvgIpc) is 2.69.